The zero-order valence-corrected chi connectivity index (χ0v) is 16.7. The van der Waals surface area contributed by atoms with Gasteiger partial charge < -0.3 is 24.0 Å². The van der Waals surface area contributed by atoms with Gasteiger partial charge in [0.05, 0.1) is 19.3 Å². The second-order valence-corrected chi connectivity index (χ2v) is 7.24. The summed E-state index contributed by atoms with van der Waals surface area (Å²) in [4.78, 5) is 34.9. The molecule has 0 saturated heterocycles. The highest BCUT2D eigenvalue weighted by Crippen LogP contribution is 2.39. The molecule has 1 aromatic carbocycles. The third-order valence-electron chi connectivity index (χ3n) is 3.65. The van der Waals surface area contributed by atoms with Gasteiger partial charge in [-0.2, -0.15) is 0 Å². The van der Waals surface area contributed by atoms with E-state index < -0.39 is 13.8 Å². The van der Waals surface area contributed by atoms with Gasteiger partial charge in [0.25, 0.3) is 0 Å². The second-order valence-electron chi connectivity index (χ2n) is 5.91. The molecule has 0 saturated carbocycles. The van der Waals surface area contributed by atoms with E-state index in [1.807, 2.05) is 0 Å². The van der Waals surface area contributed by atoms with Crippen LogP contribution in [-0.2, 0) is 18.6 Å². The topological polar surface area (TPSA) is 114 Å². The normalized spacial score (nSPS) is 12.9. The van der Waals surface area contributed by atoms with E-state index in [0.717, 1.165) is 32.1 Å². The van der Waals surface area contributed by atoms with E-state index >= 15 is 0 Å². The molecule has 1 N–H and O–H groups in total. The molecule has 1 atom stereocenters. The molecule has 0 aliphatic heterocycles. The van der Waals surface area contributed by atoms with E-state index in [4.69, 9.17) is 9.05 Å². The number of benzene rings is 1. The lowest BCUT2D eigenvalue weighted by atomic mass is 10.1. The predicted octanol–water partition coefficient (Wildman–Crippen LogP) is 2.81. The van der Waals surface area contributed by atoms with Crippen molar-refractivity contribution in [2.75, 3.05) is 20.3 Å². The molecule has 1 aromatic rings. The van der Waals surface area contributed by atoms with Crippen molar-refractivity contribution < 1.29 is 32.8 Å². The van der Waals surface area contributed by atoms with Crippen molar-refractivity contribution in [3.05, 3.63) is 29.8 Å². The molecule has 0 aliphatic carbocycles. The number of methoxy groups -OCH3 is 1. The molecular formula is C18H27NO7P-. The minimum Gasteiger partial charge on any atom is -0.746 e. The molecule has 1 unspecified atom stereocenters. The van der Waals surface area contributed by atoms with Crippen molar-refractivity contribution in [1.82, 2.24) is 5.32 Å². The molecular weight excluding hydrogens is 373 g/mol. The Morgan fingerprint density at radius 3 is 2.63 bits per heavy atom. The van der Waals surface area contributed by atoms with E-state index in [2.05, 4.69) is 17.0 Å². The molecule has 0 aromatic heterocycles. The van der Waals surface area contributed by atoms with Crippen LogP contribution >= 0.6 is 7.82 Å². The van der Waals surface area contributed by atoms with Crippen molar-refractivity contribution in [2.45, 2.75) is 45.4 Å². The number of rotatable bonds is 13. The lowest BCUT2D eigenvalue weighted by Crippen LogP contribution is -2.27. The van der Waals surface area contributed by atoms with Gasteiger partial charge in [0.2, 0.25) is 5.91 Å². The molecule has 8 nitrogen and oxygen atoms in total. The van der Waals surface area contributed by atoms with Crippen LogP contribution in [-0.4, -0.2) is 32.1 Å². The van der Waals surface area contributed by atoms with Gasteiger partial charge in [-0.1, -0.05) is 38.7 Å². The number of nitrogens with one attached hydrogen (secondary N) is 1. The van der Waals surface area contributed by atoms with E-state index in [9.17, 15) is 19.0 Å². The maximum Gasteiger partial charge on any atom is 0.337 e. The Kier molecular flexibility index (Phi) is 10.7. The summed E-state index contributed by atoms with van der Waals surface area (Å²) in [6.07, 6.45) is 5.65. The molecule has 9 heteroatoms. The highest BCUT2D eigenvalue weighted by Gasteiger charge is 2.13. The van der Waals surface area contributed by atoms with Gasteiger partial charge in [-0.05, 0) is 24.6 Å². The summed E-state index contributed by atoms with van der Waals surface area (Å²) in [5.74, 6) is -0.811. The van der Waals surface area contributed by atoms with Crippen LogP contribution in [0, 0.1) is 0 Å². The Labute approximate surface area is 159 Å². The van der Waals surface area contributed by atoms with Crippen LogP contribution in [0.15, 0.2) is 24.3 Å². The monoisotopic (exact) mass is 400 g/mol. The lowest BCUT2D eigenvalue weighted by Gasteiger charge is -2.23. The van der Waals surface area contributed by atoms with Crippen molar-refractivity contribution in [2.24, 2.45) is 0 Å². The first-order valence-corrected chi connectivity index (χ1v) is 10.4. The summed E-state index contributed by atoms with van der Waals surface area (Å²) < 4.78 is 25.9. The zero-order chi connectivity index (χ0) is 20.1. The fourth-order valence-corrected chi connectivity index (χ4v) is 3.02. The van der Waals surface area contributed by atoms with E-state index in [-0.39, 0.29) is 30.4 Å². The summed E-state index contributed by atoms with van der Waals surface area (Å²) in [7, 11) is -3.40. The van der Waals surface area contributed by atoms with Crippen molar-refractivity contribution >= 4 is 19.7 Å². The summed E-state index contributed by atoms with van der Waals surface area (Å²) in [6, 6.07) is 5.54. The first kappa shape index (κ1) is 23.1. The number of esters is 1. The first-order valence-electron chi connectivity index (χ1n) is 8.98. The van der Waals surface area contributed by atoms with Crippen molar-refractivity contribution in [3.63, 3.8) is 0 Å². The molecule has 1 rings (SSSR count). The number of carbonyl (C=O) groups is 2. The summed E-state index contributed by atoms with van der Waals surface area (Å²) >= 11 is 0. The number of hydrogen-bond donors (Lipinski definition) is 1. The fraction of sp³-hybridized carbons (Fsp3) is 0.556. The highest BCUT2D eigenvalue weighted by atomic mass is 31.2. The molecule has 27 heavy (non-hydrogen) atoms. The smallest absolute Gasteiger partial charge is 0.337 e. The van der Waals surface area contributed by atoms with Crippen LogP contribution in [0.4, 0.5) is 0 Å². The predicted molar refractivity (Wildman–Crippen MR) is 98.4 cm³/mol. The van der Waals surface area contributed by atoms with Gasteiger partial charge in [-0.15, -0.1) is 0 Å². The Balaban J connectivity index is 2.30. The number of ether oxygens (including phenoxy) is 1. The Hall–Kier alpha value is -1.89. The largest absolute Gasteiger partial charge is 0.746 e. The average molecular weight is 400 g/mol. The van der Waals surface area contributed by atoms with Crippen LogP contribution in [0.5, 0.6) is 5.75 Å². The summed E-state index contributed by atoms with van der Waals surface area (Å²) in [6.45, 7) is 1.95. The van der Waals surface area contributed by atoms with Crippen LogP contribution in [0.2, 0.25) is 0 Å². The van der Waals surface area contributed by atoms with Gasteiger partial charge >= 0.3 is 13.8 Å². The number of carbonyl (C=O) groups excluding carboxylic acids is 2. The molecule has 0 bridgehead atoms. The van der Waals surface area contributed by atoms with Gasteiger partial charge in [-0.25, -0.2) is 4.79 Å². The molecule has 0 heterocycles. The minimum atomic E-state index is -4.62. The molecule has 0 fully saturated rings. The molecule has 0 aliphatic rings. The van der Waals surface area contributed by atoms with Crippen LogP contribution < -0.4 is 14.7 Å². The Morgan fingerprint density at radius 2 is 1.93 bits per heavy atom. The fourth-order valence-electron chi connectivity index (χ4n) is 2.28. The molecule has 152 valence electrons. The first-order chi connectivity index (χ1) is 12.9. The van der Waals surface area contributed by atoms with Crippen molar-refractivity contribution in [3.8, 4) is 5.75 Å². The molecule has 1 amide bonds. The van der Waals surface area contributed by atoms with Crippen LogP contribution in [0.25, 0.3) is 0 Å². The highest BCUT2D eigenvalue weighted by molar-refractivity contribution is 7.46. The SMILES string of the molecule is CCCCCCCC(=O)NCCOP(=O)([O-])Oc1cccc(C(=O)OC)c1. The van der Waals surface area contributed by atoms with E-state index in [1.54, 1.807) is 0 Å². The Morgan fingerprint density at radius 1 is 1.19 bits per heavy atom. The minimum absolute atomic E-state index is 0.0611. The third kappa shape index (κ3) is 10.1. The number of amides is 1. The van der Waals surface area contributed by atoms with Crippen LogP contribution in [0.3, 0.4) is 0 Å². The van der Waals surface area contributed by atoms with Gasteiger partial charge in [0, 0.05) is 13.0 Å². The van der Waals surface area contributed by atoms with E-state index in [0.29, 0.717) is 6.42 Å². The van der Waals surface area contributed by atoms with Crippen molar-refractivity contribution in [1.29, 1.82) is 0 Å². The van der Waals surface area contributed by atoms with Gasteiger partial charge in [0.15, 0.2) is 0 Å². The second kappa shape index (κ2) is 12.5. The number of phosphoric acid groups is 1. The maximum atomic E-state index is 11.8. The number of unbranched alkanes of at least 4 members (excludes halogenated alkanes) is 4. The zero-order valence-electron chi connectivity index (χ0n) is 15.8. The number of hydrogen-bond acceptors (Lipinski definition) is 7. The van der Waals surface area contributed by atoms with Crippen LogP contribution in [0.1, 0.15) is 55.8 Å². The quantitative estimate of drug-likeness (QED) is 0.308. The lowest BCUT2D eigenvalue weighted by molar-refractivity contribution is -0.216. The number of phosphoric ester groups is 1. The standard InChI is InChI=1S/C18H28NO7P/c1-3-4-5-6-7-11-17(20)19-12-13-25-27(22,23)26-16-10-8-9-15(14-16)18(21)24-2/h8-10,14H,3-7,11-13H2,1-2H3,(H,19,20)(H,22,23)/p-1. The Bertz CT molecular complexity index is 650. The average Bonchev–Trinajstić information content (AvgIpc) is 2.64. The molecule has 0 radical (unpaired) electrons. The maximum absolute atomic E-state index is 11.8. The van der Waals surface area contributed by atoms with Gasteiger partial charge in [-0.3, -0.25) is 9.36 Å². The summed E-state index contributed by atoms with van der Waals surface area (Å²) in [5, 5.41) is 2.60. The summed E-state index contributed by atoms with van der Waals surface area (Å²) in [5.41, 5.74) is 0.154. The van der Waals surface area contributed by atoms with Gasteiger partial charge in [0.1, 0.15) is 5.75 Å². The molecule has 0 spiro atoms. The van der Waals surface area contributed by atoms with E-state index in [1.165, 1.54) is 31.4 Å². The third-order valence-corrected chi connectivity index (χ3v) is 4.59.